The minimum absolute atomic E-state index is 0.0213. The number of rotatable bonds is 3. The van der Waals surface area contributed by atoms with Crippen LogP contribution in [0.3, 0.4) is 0 Å². The Labute approximate surface area is 142 Å². The van der Waals surface area contributed by atoms with Gasteiger partial charge in [0.05, 0.1) is 12.1 Å². The lowest BCUT2D eigenvalue weighted by atomic mass is 10.2. The van der Waals surface area contributed by atoms with Crippen molar-refractivity contribution in [2.24, 2.45) is 0 Å². The quantitative estimate of drug-likeness (QED) is 0.941. The molecule has 1 atom stereocenters. The molecular formula is C19H23N3O2. The highest BCUT2D eigenvalue weighted by Crippen LogP contribution is 2.21. The van der Waals surface area contributed by atoms with E-state index in [4.69, 9.17) is 4.74 Å². The summed E-state index contributed by atoms with van der Waals surface area (Å²) in [7, 11) is 0. The maximum atomic E-state index is 12.3. The number of urea groups is 1. The fourth-order valence-corrected chi connectivity index (χ4v) is 3.63. The molecule has 2 aliphatic rings. The molecule has 1 saturated heterocycles. The summed E-state index contributed by atoms with van der Waals surface area (Å²) in [6, 6.07) is 12.3. The van der Waals surface area contributed by atoms with Gasteiger partial charge in [0.1, 0.15) is 6.10 Å². The molecule has 1 aromatic heterocycles. The van der Waals surface area contributed by atoms with Gasteiger partial charge in [0.15, 0.2) is 0 Å². The van der Waals surface area contributed by atoms with Gasteiger partial charge in [0.2, 0.25) is 5.88 Å². The Balaban J connectivity index is 1.34. The summed E-state index contributed by atoms with van der Waals surface area (Å²) >= 11 is 0. The van der Waals surface area contributed by atoms with Crippen LogP contribution < -0.4 is 10.1 Å². The van der Waals surface area contributed by atoms with Gasteiger partial charge in [-0.3, -0.25) is 0 Å². The predicted octanol–water partition coefficient (Wildman–Crippen LogP) is 3.34. The Kier molecular flexibility index (Phi) is 4.24. The van der Waals surface area contributed by atoms with E-state index in [-0.39, 0.29) is 12.1 Å². The van der Waals surface area contributed by atoms with Crippen LogP contribution in [0.4, 0.5) is 4.79 Å². The third-order valence-corrected chi connectivity index (χ3v) is 4.98. The lowest BCUT2D eigenvalue weighted by Gasteiger charge is -2.20. The van der Waals surface area contributed by atoms with Gasteiger partial charge in [0, 0.05) is 30.5 Å². The van der Waals surface area contributed by atoms with Crippen molar-refractivity contribution < 1.29 is 9.53 Å². The number of hydrogen-bond donors (Lipinski definition) is 1. The minimum Gasteiger partial charge on any atom is -0.472 e. The summed E-state index contributed by atoms with van der Waals surface area (Å²) in [5, 5.41) is 4.25. The molecule has 2 amide bonds. The number of carbonyl (C=O) groups is 1. The third-order valence-electron chi connectivity index (χ3n) is 4.98. The zero-order chi connectivity index (χ0) is 16.4. The van der Waals surface area contributed by atoms with Gasteiger partial charge in [0.25, 0.3) is 0 Å². The fraction of sp³-hybridized carbons (Fsp3) is 0.474. The largest absolute Gasteiger partial charge is 0.472 e. The second-order valence-electron chi connectivity index (χ2n) is 6.75. The van der Waals surface area contributed by atoms with E-state index in [0.29, 0.717) is 18.5 Å². The van der Waals surface area contributed by atoms with E-state index in [9.17, 15) is 4.79 Å². The van der Waals surface area contributed by atoms with Crippen molar-refractivity contribution >= 4 is 16.9 Å². The number of pyridine rings is 1. The van der Waals surface area contributed by atoms with Crippen LogP contribution in [0.2, 0.25) is 0 Å². The van der Waals surface area contributed by atoms with Crippen LogP contribution >= 0.6 is 0 Å². The number of benzene rings is 1. The molecule has 5 nitrogen and oxygen atoms in total. The zero-order valence-electron chi connectivity index (χ0n) is 13.8. The number of carbonyl (C=O) groups excluding carboxylic acids is 1. The molecule has 0 radical (unpaired) electrons. The Hall–Kier alpha value is -2.30. The number of fused-ring (bicyclic) bond motifs is 1. The van der Waals surface area contributed by atoms with Gasteiger partial charge in [-0.2, -0.15) is 0 Å². The molecule has 2 fully saturated rings. The number of para-hydroxylation sites is 1. The number of ether oxygens (including phenoxy) is 1. The fourth-order valence-electron chi connectivity index (χ4n) is 3.63. The van der Waals surface area contributed by atoms with Crippen LogP contribution in [0.5, 0.6) is 5.88 Å². The van der Waals surface area contributed by atoms with E-state index >= 15 is 0 Å². The second kappa shape index (κ2) is 6.67. The van der Waals surface area contributed by atoms with Gasteiger partial charge < -0.3 is 15.0 Å². The first-order chi connectivity index (χ1) is 11.8. The molecular weight excluding hydrogens is 302 g/mol. The van der Waals surface area contributed by atoms with Crippen LogP contribution in [-0.4, -0.2) is 41.2 Å². The first kappa shape index (κ1) is 15.2. The Morgan fingerprint density at radius 3 is 2.83 bits per heavy atom. The first-order valence-electron chi connectivity index (χ1n) is 8.86. The molecule has 0 bridgehead atoms. The normalized spacial score (nSPS) is 21.3. The molecule has 126 valence electrons. The van der Waals surface area contributed by atoms with Crippen molar-refractivity contribution in [1.29, 1.82) is 0 Å². The lowest BCUT2D eigenvalue weighted by molar-refractivity contribution is 0.181. The van der Waals surface area contributed by atoms with E-state index in [2.05, 4.69) is 10.3 Å². The van der Waals surface area contributed by atoms with E-state index in [1.807, 2.05) is 41.3 Å². The number of hydrogen-bond acceptors (Lipinski definition) is 3. The summed E-state index contributed by atoms with van der Waals surface area (Å²) in [5.74, 6) is 0.636. The average molecular weight is 325 g/mol. The molecule has 1 aliphatic carbocycles. The summed E-state index contributed by atoms with van der Waals surface area (Å²) in [5.41, 5.74) is 0.934. The lowest BCUT2D eigenvalue weighted by Crippen LogP contribution is -2.43. The molecule has 1 aliphatic heterocycles. The molecule has 2 aromatic rings. The Morgan fingerprint density at radius 2 is 1.96 bits per heavy atom. The van der Waals surface area contributed by atoms with Crippen LogP contribution in [0.25, 0.3) is 10.9 Å². The summed E-state index contributed by atoms with van der Waals surface area (Å²) in [6.07, 6.45) is 5.55. The van der Waals surface area contributed by atoms with Crippen molar-refractivity contribution in [2.45, 2.75) is 44.2 Å². The summed E-state index contributed by atoms with van der Waals surface area (Å²) < 4.78 is 6.00. The Morgan fingerprint density at radius 1 is 1.12 bits per heavy atom. The summed E-state index contributed by atoms with van der Waals surface area (Å²) in [6.45, 7) is 1.38. The van der Waals surface area contributed by atoms with Crippen molar-refractivity contribution in [2.75, 3.05) is 13.1 Å². The first-order valence-corrected chi connectivity index (χ1v) is 8.86. The molecule has 24 heavy (non-hydrogen) atoms. The number of amides is 2. The van der Waals surface area contributed by atoms with Gasteiger partial charge in [-0.05, 0) is 25.0 Å². The van der Waals surface area contributed by atoms with Crippen LogP contribution in [0.1, 0.15) is 32.1 Å². The highest BCUT2D eigenvalue weighted by atomic mass is 16.5. The van der Waals surface area contributed by atoms with E-state index < -0.39 is 0 Å². The van der Waals surface area contributed by atoms with E-state index in [1.54, 1.807) is 0 Å². The van der Waals surface area contributed by atoms with Crippen molar-refractivity contribution in [3.8, 4) is 5.88 Å². The number of aromatic nitrogens is 1. The number of likely N-dealkylation sites (tertiary alicyclic amines) is 1. The monoisotopic (exact) mass is 325 g/mol. The Bertz CT molecular complexity index is 727. The van der Waals surface area contributed by atoms with E-state index in [0.717, 1.165) is 36.7 Å². The molecule has 1 N–H and O–H groups in total. The zero-order valence-corrected chi connectivity index (χ0v) is 13.8. The highest BCUT2D eigenvalue weighted by Gasteiger charge is 2.29. The standard InChI is InChI=1S/C19H23N3O2/c23-19(20-15-6-2-3-7-15)22-12-11-16(13-22)24-18-10-9-14-5-1-4-8-17(14)21-18/h1,4-5,8-10,15-16H,2-3,6-7,11-13H2,(H,20,23). The highest BCUT2D eigenvalue weighted by molar-refractivity contribution is 5.78. The van der Waals surface area contributed by atoms with Gasteiger partial charge in [-0.1, -0.05) is 31.0 Å². The van der Waals surface area contributed by atoms with Gasteiger partial charge in [-0.15, -0.1) is 0 Å². The number of nitrogens with zero attached hydrogens (tertiary/aromatic N) is 2. The number of nitrogens with one attached hydrogen (secondary N) is 1. The maximum absolute atomic E-state index is 12.3. The van der Waals surface area contributed by atoms with Crippen molar-refractivity contribution in [1.82, 2.24) is 15.2 Å². The molecule has 4 rings (SSSR count). The van der Waals surface area contributed by atoms with Crippen molar-refractivity contribution in [3.63, 3.8) is 0 Å². The minimum atomic E-state index is 0.0213. The summed E-state index contributed by atoms with van der Waals surface area (Å²) in [4.78, 5) is 18.7. The molecule has 5 heteroatoms. The second-order valence-corrected chi connectivity index (χ2v) is 6.75. The molecule has 1 aromatic carbocycles. The topological polar surface area (TPSA) is 54.5 Å². The van der Waals surface area contributed by atoms with Crippen molar-refractivity contribution in [3.05, 3.63) is 36.4 Å². The van der Waals surface area contributed by atoms with Gasteiger partial charge >= 0.3 is 6.03 Å². The van der Waals surface area contributed by atoms with Gasteiger partial charge in [-0.25, -0.2) is 9.78 Å². The molecule has 1 saturated carbocycles. The molecule has 2 heterocycles. The molecule has 1 unspecified atom stereocenters. The smallest absolute Gasteiger partial charge is 0.317 e. The van der Waals surface area contributed by atoms with Crippen LogP contribution in [0, 0.1) is 0 Å². The SMILES string of the molecule is O=C(NC1CCCC1)N1CCC(Oc2ccc3ccccc3n2)C1. The van der Waals surface area contributed by atoms with E-state index in [1.165, 1.54) is 12.8 Å². The average Bonchev–Trinajstić information content (AvgIpc) is 3.27. The van der Waals surface area contributed by atoms with Crippen LogP contribution in [-0.2, 0) is 0 Å². The maximum Gasteiger partial charge on any atom is 0.317 e. The third kappa shape index (κ3) is 3.30. The van der Waals surface area contributed by atoms with Crippen LogP contribution in [0.15, 0.2) is 36.4 Å². The molecule has 0 spiro atoms. The predicted molar refractivity (Wildman–Crippen MR) is 93.1 cm³/mol.